The molecule has 0 saturated carbocycles. The van der Waals surface area contributed by atoms with Gasteiger partial charge in [-0.3, -0.25) is 4.72 Å². The number of nitrogens with one attached hydrogen (secondary N) is 2. The highest BCUT2D eigenvalue weighted by molar-refractivity contribution is 7.92. The number of hydrogen-bond acceptors (Lipinski definition) is 6. The molecule has 3 rings (SSSR count). The quantitative estimate of drug-likeness (QED) is 0.706. The molecule has 2 heterocycles. The minimum absolute atomic E-state index is 0.0508. The lowest BCUT2D eigenvalue weighted by atomic mass is 10.1. The summed E-state index contributed by atoms with van der Waals surface area (Å²) >= 11 is 0. The standard InChI is InChI=1S/C18H20N4O3S/c1-11-5-6-15(9-12(11)2)20-17-8-7-16(10-19-17)22-26(23,24)18-13(3)21-25-14(18)4/h5-10,22H,1-4H3,(H,19,20). The number of pyridine rings is 1. The first-order chi connectivity index (χ1) is 12.3. The van der Waals surface area contributed by atoms with Gasteiger partial charge in [-0.15, -0.1) is 0 Å². The summed E-state index contributed by atoms with van der Waals surface area (Å²) in [5.74, 6) is 0.865. The Bertz CT molecular complexity index is 1020. The van der Waals surface area contributed by atoms with Gasteiger partial charge in [0.2, 0.25) is 0 Å². The Morgan fingerprint density at radius 3 is 2.27 bits per heavy atom. The van der Waals surface area contributed by atoms with Crippen LogP contribution in [0.15, 0.2) is 45.9 Å². The smallest absolute Gasteiger partial charge is 0.267 e. The summed E-state index contributed by atoms with van der Waals surface area (Å²) in [6, 6.07) is 9.39. The van der Waals surface area contributed by atoms with Gasteiger partial charge in [0.1, 0.15) is 11.5 Å². The summed E-state index contributed by atoms with van der Waals surface area (Å²) in [7, 11) is -3.78. The van der Waals surface area contributed by atoms with E-state index < -0.39 is 10.0 Å². The average Bonchev–Trinajstić information content (AvgIpc) is 2.92. The van der Waals surface area contributed by atoms with Gasteiger partial charge in [0.25, 0.3) is 10.0 Å². The number of aromatic nitrogens is 2. The van der Waals surface area contributed by atoms with Crippen LogP contribution in [0.4, 0.5) is 17.2 Å². The van der Waals surface area contributed by atoms with E-state index >= 15 is 0 Å². The zero-order valence-corrected chi connectivity index (χ0v) is 15.8. The molecule has 136 valence electrons. The third kappa shape index (κ3) is 3.70. The molecule has 2 N–H and O–H groups in total. The molecule has 26 heavy (non-hydrogen) atoms. The average molecular weight is 372 g/mol. The normalized spacial score (nSPS) is 11.4. The van der Waals surface area contributed by atoms with Crippen LogP contribution in [0.5, 0.6) is 0 Å². The lowest BCUT2D eigenvalue weighted by Gasteiger charge is -2.10. The van der Waals surface area contributed by atoms with Gasteiger partial charge in [-0.25, -0.2) is 13.4 Å². The summed E-state index contributed by atoms with van der Waals surface area (Å²) in [5, 5.41) is 6.87. The lowest BCUT2D eigenvalue weighted by Crippen LogP contribution is -2.14. The first kappa shape index (κ1) is 17.9. The van der Waals surface area contributed by atoms with E-state index in [9.17, 15) is 8.42 Å². The fourth-order valence-corrected chi connectivity index (χ4v) is 3.93. The highest BCUT2D eigenvalue weighted by Gasteiger charge is 2.24. The second kappa shape index (κ2) is 6.80. The third-order valence-electron chi connectivity index (χ3n) is 4.03. The van der Waals surface area contributed by atoms with Gasteiger partial charge in [-0.1, -0.05) is 11.2 Å². The molecule has 0 aliphatic heterocycles. The van der Waals surface area contributed by atoms with Gasteiger partial charge >= 0.3 is 0 Å². The molecular weight excluding hydrogens is 352 g/mol. The molecule has 0 amide bonds. The van der Waals surface area contributed by atoms with Crippen LogP contribution < -0.4 is 10.0 Å². The zero-order valence-electron chi connectivity index (χ0n) is 15.0. The maximum Gasteiger partial charge on any atom is 0.267 e. The van der Waals surface area contributed by atoms with Crippen molar-refractivity contribution in [2.75, 3.05) is 10.0 Å². The fourth-order valence-electron chi connectivity index (χ4n) is 2.56. The summed E-state index contributed by atoms with van der Waals surface area (Å²) < 4.78 is 32.4. The Morgan fingerprint density at radius 1 is 0.962 bits per heavy atom. The molecular formula is C18H20N4O3S. The van der Waals surface area contributed by atoms with Crippen LogP contribution in [-0.2, 0) is 10.0 Å². The molecule has 0 spiro atoms. The second-order valence-corrected chi connectivity index (χ2v) is 7.73. The SMILES string of the molecule is Cc1ccc(Nc2ccc(NS(=O)(=O)c3c(C)noc3C)cn2)cc1C. The van der Waals surface area contributed by atoms with Crippen molar-refractivity contribution in [1.29, 1.82) is 0 Å². The van der Waals surface area contributed by atoms with Crippen molar-refractivity contribution < 1.29 is 12.9 Å². The highest BCUT2D eigenvalue weighted by atomic mass is 32.2. The van der Waals surface area contributed by atoms with Crippen LogP contribution in [0.1, 0.15) is 22.6 Å². The van der Waals surface area contributed by atoms with E-state index in [1.165, 1.54) is 17.3 Å². The Hall–Kier alpha value is -2.87. The van der Waals surface area contributed by atoms with Gasteiger partial charge in [-0.2, -0.15) is 0 Å². The van der Waals surface area contributed by atoms with E-state index in [1.807, 2.05) is 25.1 Å². The molecule has 7 nitrogen and oxygen atoms in total. The van der Waals surface area contributed by atoms with Gasteiger partial charge in [0.15, 0.2) is 10.7 Å². The fraction of sp³-hybridized carbons (Fsp3) is 0.222. The molecule has 0 bridgehead atoms. The summed E-state index contributed by atoms with van der Waals surface area (Å²) in [4.78, 5) is 4.31. The lowest BCUT2D eigenvalue weighted by molar-refractivity contribution is 0.390. The minimum atomic E-state index is -3.78. The molecule has 0 aliphatic carbocycles. The molecule has 0 unspecified atom stereocenters. The second-order valence-electron chi connectivity index (χ2n) is 6.11. The maximum absolute atomic E-state index is 12.5. The molecule has 8 heteroatoms. The number of aryl methyl sites for hydroxylation is 4. The predicted molar refractivity (Wildman–Crippen MR) is 100 cm³/mol. The van der Waals surface area contributed by atoms with E-state index in [2.05, 4.69) is 27.1 Å². The first-order valence-corrected chi connectivity index (χ1v) is 9.50. The molecule has 0 aliphatic rings. The molecule has 1 aromatic carbocycles. The number of anilines is 3. The van der Waals surface area contributed by atoms with Gasteiger partial charge < -0.3 is 9.84 Å². The van der Waals surface area contributed by atoms with Crippen molar-refractivity contribution in [3.63, 3.8) is 0 Å². The molecule has 3 aromatic rings. The Labute approximate surface area is 152 Å². The van der Waals surface area contributed by atoms with Crippen molar-refractivity contribution >= 4 is 27.2 Å². The van der Waals surface area contributed by atoms with Gasteiger partial charge in [-0.05, 0) is 63.1 Å². The Morgan fingerprint density at radius 2 is 1.69 bits per heavy atom. The van der Waals surface area contributed by atoms with Crippen molar-refractivity contribution in [1.82, 2.24) is 10.1 Å². The molecule has 0 fully saturated rings. The monoisotopic (exact) mass is 372 g/mol. The van der Waals surface area contributed by atoms with E-state index in [4.69, 9.17) is 4.52 Å². The van der Waals surface area contributed by atoms with E-state index in [1.54, 1.807) is 26.0 Å². The molecule has 0 radical (unpaired) electrons. The summed E-state index contributed by atoms with van der Waals surface area (Å²) in [6.07, 6.45) is 1.46. The minimum Gasteiger partial charge on any atom is -0.360 e. The number of rotatable bonds is 5. The van der Waals surface area contributed by atoms with Gasteiger partial charge in [0, 0.05) is 5.69 Å². The molecule has 0 atom stereocenters. The summed E-state index contributed by atoms with van der Waals surface area (Å²) in [5.41, 5.74) is 3.99. The van der Waals surface area contributed by atoms with Crippen LogP contribution in [0, 0.1) is 27.7 Å². The number of benzene rings is 1. The van der Waals surface area contributed by atoms with Crippen LogP contribution >= 0.6 is 0 Å². The first-order valence-electron chi connectivity index (χ1n) is 8.02. The number of nitrogens with zero attached hydrogens (tertiary/aromatic N) is 2. The third-order valence-corrected chi connectivity index (χ3v) is 5.66. The van der Waals surface area contributed by atoms with Crippen molar-refractivity contribution in [2.24, 2.45) is 0 Å². The van der Waals surface area contributed by atoms with Crippen LogP contribution in [0.3, 0.4) is 0 Å². The van der Waals surface area contributed by atoms with Crippen molar-refractivity contribution in [2.45, 2.75) is 32.6 Å². The van der Waals surface area contributed by atoms with Crippen LogP contribution in [0.25, 0.3) is 0 Å². The van der Waals surface area contributed by atoms with Crippen molar-refractivity contribution in [3.05, 3.63) is 59.1 Å². The highest BCUT2D eigenvalue weighted by Crippen LogP contribution is 2.23. The maximum atomic E-state index is 12.5. The topological polar surface area (TPSA) is 97.1 Å². The Balaban J connectivity index is 1.76. The predicted octanol–water partition coefficient (Wildman–Crippen LogP) is 3.85. The van der Waals surface area contributed by atoms with E-state index in [0.29, 0.717) is 17.2 Å². The number of sulfonamides is 1. The zero-order chi connectivity index (χ0) is 18.9. The van der Waals surface area contributed by atoms with Crippen LogP contribution in [-0.4, -0.2) is 18.6 Å². The summed E-state index contributed by atoms with van der Waals surface area (Å²) in [6.45, 7) is 7.24. The van der Waals surface area contributed by atoms with E-state index in [-0.39, 0.29) is 10.7 Å². The van der Waals surface area contributed by atoms with E-state index in [0.717, 1.165) is 5.69 Å². The van der Waals surface area contributed by atoms with Crippen molar-refractivity contribution in [3.8, 4) is 0 Å². The largest absolute Gasteiger partial charge is 0.360 e. The van der Waals surface area contributed by atoms with Crippen LogP contribution in [0.2, 0.25) is 0 Å². The molecule has 2 aromatic heterocycles. The van der Waals surface area contributed by atoms with Gasteiger partial charge in [0.05, 0.1) is 11.9 Å². The molecule has 0 saturated heterocycles. The Kier molecular flexibility index (Phi) is 4.69. The number of hydrogen-bond donors (Lipinski definition) is 2.